The molecule has 1 aromatic rings. The van der Waals surface area contributed by atoms with Crippen LogP contribution in [0.4, 0.5) is 0 Å². The zero-order chi connectivity index (χ0) is 17.3. The van der Waals surface area contributed by atoms with Gasteiger partial charge in [0.2, 0.25) is 10.0 Å². The first-order valence-corrected chi connectivity index (χ1v) is 9.50. The maximum atomic E-state index is 12.7. The molecule has 1 fully saturated rings. The summed E-state index contributed by atoms with van der Waals surface area (Å²) in [5, 5.41) is 2.87. The van der Waals surface area contributed by atoms with E-state index in [1.54, 1.807) is 16.4 Å². The van der Waals surface area contributed by atoms with Crippen molar-refractivity contribution in [3.05, 3.63) is 29.8 Å². The lowest BCUT2D eigenvalue weighted by molar-refractivity contribution is 0.0919. The van der Waals surface area contributed by atoms with Gasteiger partial charge in [-0.15, -0.1) is 0 Å². The number of piperidine rings is 1. The number of nitrogens with one attached hydrogen (secondary N) is 1. The standard InChI is InChI=1S/C17H26N2O3S/c1-13-7-5-6-12-19(13)23(21,22)15-10-8-14(9-11-15)16(20)18-17(2,3)4/h8-11,13H,5-7,12H2,1-4H3,(H,18,20). The summed E-state index contributed by atoms with van der Waals surface area (Å²) < 4.78 is 27.0. The second kappa shape index (κ2) is 6.61. The molecule has 1 unspecified atom stereocenters. The molecular weight excluding hydrogens is 312 g/mol. The average molecular weight is 338 g/mol. The smallest absolute Gasteiger partial charge is 0.251 e. The fourth-order valence-corrected chi connectivity index (χ4v) is 4.45. The lowest BCUT2D eigenvalue weighted by atomic mass is 10.1. The third kappa shape index (κ3) is 4.32. The van der Waals surface area contributed by atoms with Gasteiger partial charge in [-0.3, -0.25) is 4.79 Å². The van der Waals surface area contributed by atoms with Crippen LogP contribution in [-0.4, -0.2) is 36.8 Å². The SMILES string of the molecule is CC1CCCCN1S(=O)(=O)c1ccc(C(=O)NC(C)(C)C)cc1. The molecule has 0 aromatic heterocycles. The zero-order valence-electron chi connectivity index (χ0n) is 14.3. The predicted octanol–water partition coefficient (Wildman–Crippen LogP) is 2.78. The third-order valence-electron chi connectivity index (χ3n) is 3.95. The summed E-state index contributed by atoms with van der Waals surface area (Å²) in [7, 11) is -3.49. The molecule has 6 heteroatoms. The Balaban J connectivity index is 2.20. The zero-order valence-corrected chi connectivity index (χ0v) is 15.1. The summed E-state index contributed by atoms with van der Waals surface area (Å²) in [5.41, 5.74) is 0.135. The quantitative estimate of drug-likeness (QED) is 0.921. The number of hydrogen-bond acceptors (Lipinski definition) is 3. The van der Waals surface area contributed by atoms with Crippen LogP contribution in [0.25, 0.3) is 0 Å². The Hall–Kier alpha value is -1.40. The Morgan fingerprint density at radius 3 is 2.30 bits per heavy atom. The summed E-state index contributed by atoms with van der Waals surface area (Å²) >= 11 is 0. The maximum Gasteiger partial charge on any atom is 0.251 e. The molecule has 1 amide bonds. The van der Waals surface area contributed by atoms with Gasteiger partial charge in [-0.05, 0) is 64.8 Å². The first-order valence-electron chi connectivity index (χ1n) is 8.06. The Kier molecular flexibility index (Phi) is 5.16. The summed E-state index contributed by atoms with van der Waals surface area (Å²) in [6.07, 6.45) is 2.86. The molecule has 1 aliphatic rings. The van der Waals surface area contributed by atoms with Crippen molar-refractivity contribution in [3.8, 4) is 0 Å². The van der Waals surface area contributed by atoms with Crippen LogP contribution >= 0.6 is 0 Å². The van der Waals surface area contributed by atoms with Crippen LogP contribution in [0.5, 0.6) is 0 Å². The summed E-state index contributed by atoms with van der Waals surface area (Å²) in [4.78, 5) is 12.4. The largest absolute Gasteiger partial charge is 0.347 e. The Morgan fingerprint density at radius 1 is 1.17 bits per heavy atom. The van der Waals surface area contributed by atoms with E-state index in [-0.39, 0.29) is 22.4 Å². The summed E-state index contributed by atoms with van der Waals surface area (Å²) in [6, 6.07) is 6.21. The van der Waals surface area contributed by atoms with Crippen molar-refractivity contribution in [2.24, 2.45) is 0 Å². The number of carbonyl (C=O) groups excluding carboxylic acids is 1. The minimum atomic E-state index is -3.49. The van der Waals surface area contributed by atoms with E-state index in [2.05, 4.69) is 5.32 Å². The molecule has 1 aromatic carbocycles. The minimum Gasteiger partial charge on any atom is -0.347 e. The van der Waals surface area contributed by atoms with Gasteiger partial charge in [0.25, 0.3) is 5.91 Å². The molecule has 1 N–H and O–H groups in total. The normalized spacial score (nSPS) is 20.3. The van der Waals surface area contributed by atoms with Gasteiger partial charge in [-0.25, -0.2) is 8.42 Å². The number of benzene rings is 1. The van der Waals surface area contributed by atoms with Crippen molar-refractivity contribution >= 4 is 15.9 Å². The topological polar surface area (TPSA) is 66.5 Å². The number of amides is 1. The molecule has 128 valence electrons. The third-order valence-corrected chi connectivity index (χ3v) is 5.98. The molecule has 23 heavy (non-hydrogen) atoms. The summed E-state index contributed by atoms with van der Waals surface area (Å²) in [6.45, 7) is 8.22. The van der Waals surface area contributed by atoms with Gasteiger partial charge < -0.3 is 5.32 Å². The van der Waals surface area contributed by atoms with Crippen LogP contribution in [0.15, 0.2) is 29.2 Å². The van der Waals surface area contributed by atoms with E-state index in [1.165, 1.54) is 12.1 Å². The van der Waals surface area contributed by atoms with Gasteiger partial charge in [-0.2, -0.15) is 4.31 Å². The highest BCUT2D eigenvalue weighted by molar-refractivity contribution is 7.89. The fraction of sp³-hybridized carbons (Fsp3) is 0.588. The van der Waals surface area contributed by atoms with E-state index in [1.807, 2.05) is 27.7 Å². The molecule has 1 heterocycles. The molecular formula is C17H26N2O3S. The van der Waals surface area contributed by atoms with Crippen molar-refractivity contribution in [2.45, 2.75) is 63.4 Å². The second-order valence-corrected chi connectivity index (χ2v) is 9.08. The van der Waals surface area contributed by atoms with Gasteiger partial charge in [0.1, 0.15) is 0 Å². The van der Waals surface area contributed by atoms with Crippen molar-refractivity contribution in [1.29, 1.82) is 0 Å². The molecule has 0 radical (unpaired) electrons. The Labute approximate surface area is 139 Å². The van der Waals surface area contributed by atoms with Crippen LogP contribution in [0.3, 0.4) is 0 Å². The van der Waals surface area contributed by atoms with Gasteiger partial charge in [0, 0.05) is 23.7 Å². The van der Waals surface area contributed by atoms with Gasteiger partial charge in [0.15, 0.2) is 0 Å². The van der Waals surface area contributed by atoms with E-state index >= 15 is 0 Å². The van der Waals surface area contributed by atoms with E-state index in [4.69, 9.17) is 0 Å². The number of sulfonamides is 1. The van der Waals surface area contributed by atoms with E-state index in [0.717, 1.165) is 19.3 Å². The molecule has 2 rings (SSSR count). The van der Waals surface area contributed by atoms with Gasteiger partial charge >= 0.3 is 0 Å². The highest BCUT2D eigenvalue weighted by atomic mass is 32.2. The van der Waals surface area contributed by atoms with Crippen molar-refractivity contribution in [2.75, 3.05) is 6.54 Å². The number of carbonyl (C=O) groups is 1. The molecule has 0 saturated carbocycles. The maximum absolute atomic E-state index is 12.7. The molecule has 1 saturated heterocycles. The Bertz CT molecular complexity index is 660. The van der Waals surface area contributed by atoms with Crippen LogP contribution < -0.4 is 5.32 Å². The number of nitrogens with zero attached hydrogens (tertiary/aromatic N) is 1. The van der Waals surface area contributed by atoms with Crippen molar-refractivity contribution in [1.82, 2.24) is 9.62 Å². The van der Waals surface area contributed by atoms with Crippen LogP contribution in [0.2, 0.25) is 0 Å². The van der Waals surface area contributed by atoms with Gasteiger partial charge in [-0.1, -0.05) is 6.42 Å². The lowest BCUT2D eigenvalue weighted by Gasteiger charge is -2.32. The first kappa shape index (κ1) is 17.9. The molecule has 1 aliphatic heterocycles. The fourth-order valence-electron chi connectivity index (χ4n) is 2.76. The van der Waals surface area contributed by atoms with E-state index < -0.39 is 10.0 Å². The lowest BCUT2D eigenvalue weighted by Crippen LogP contribution is -2.42. The molecule has 5 nitrogen and oxygen atoms in total. The van der Waals surface area contributed by atoms with Crippen LogP contribution in [0, 0.1) is 0 Å². The number of hydrogen-bond donors (Lipinski definition) is 1. The monoisotopic (exact) mass is 338 g/mol. The van der Waals surface area contributed by atoms with Crippen LogP contribution in [-0.2, 0) is 10.0 Å². The molecule has 0 aliphatic carbocycles. The minimum absolute atomic E-state index is 0.0256. The van der Waals surface area contributed by atoms with Crippen LogP contribution in [0.1, 0.15) is 57.3 Å². The van der Waals surface area contributed by atoms with Gasteiger partial charge in [0.05, 0.1) is 4.90 Å². The summed E-state index contributed by atoms with van der Waals surface area (Å²) in [5.74, 6) is -0.201. The van der Waals surface area contributed by atoms with Crippen molar-refractivity contribution < 1.29 is 13.2 Å². The predicted molar refractivity (Wildman–Crippen MR) is 90.9 cm³/mol. The first-order chi connectivity index (χ1) is 10.6. The molecule has 1 atom stereocenters. The highest BCUT2D eigenvalue weighted by Gasteiger charge is 2.31. The Morgan fingerprint density at radius 2 is 1.78 bits per heavy atom. The highest BCUT2D eigenvalue weighted by Crippen LogP contribution is 2.25. The average Bonchev–Trinajstić information content (AvgIpc) is 2.46. The van der Waals surface area contributed by atoms with E-state index in [0.29, 0.717) is 12.1 Å². The molecule has 0 spiro atoms. The van der Waals surface area contributed by atoms with Crippen molar-refractivity contribution in [3.63, 3.8) is 0 Å². The van der Waals surface area contributed by atoms with E-state index in [9.17, 15) is 13.2 Å². The number of rotatable bonds is 3. The molecule has 0 bridgehead atoms. The second-order valence-electron chi connectivity index (χ2n) is 7.19.